The Labute approximate surface area is 380 Å². The van der Waals surface area contributed by atoms with E-state index in [0.717, 1.165) is 115 Å². The van der Waals surface area contributed by atoms with E-state index < -0.39 is 0 Å². The summed E-state index contributed by atoms with van der Waals surface area (Å²) in [7, 11) is 0. The third-order valence-electron chi connectivity index (χ3n) is 12.0. The van der Waals surface area contributed by atoms with E-state index in [1.807, 2.05) is 67.0 Å². The summed E-state index contributed by atoms with van der Waals surface area (Å²) in [6.45, 7) is 8.71. The van der Waals surface area contributed by atoms with Gasteiger partial charge in [0.05, 0.1) is 22.4 Å². The van der Waals surface area contributed by atoms with Crippen molar-refractivity contribution in [1.29, 1.82) is 0 Å². The fourth-order valence-corrected chi connectivity index (χ4v) is 9.01. The average molecular weight is 848 g/mol. The van der Waals surface area contributed by atoms with Gasteiger partial charge in [-0.05, 0) is 139 Å². The Morgan fingerprint density at radius 1 is 0.431 bits per heavy atom. The minimum Gasteiger partial charge on any atom is -0.457 e. The lowest BCUT2D eigenvalue weighted by atomic mass is 9.95. The molecule has 0 spiro atoms. The van der Waals surface area contributed by atoms with Crippen molar-refractivity contribution in [2.24, 2.45) is 0 Å². The summed E-state index contributed by atoms with van der Waals surface area (Å²) in [4.78, 5) is 18.9. The Hall–Kier alpha value is -7.90. The Kier molecular flexibility index (Phi) is 11.4. The minimum atomic E-state index is 0.545. The standard InChI is InChI=1S/C58H49N5O2/c1-5-12-40-16-20-42(21-17-40)56-38(3)32-44(50-14-7-9-28-59-50)34-54(56)64-46-24-26-48-49-27-25-47(37-53(49)63(52(48)36-46)58-61-30-11-31-62-58)65-55-35-45(51-15-8-10-29-60-51)33-39(4)57(55)43-22-18-41(13-6-2)19-23-43/h7-11,14-37H,5-6,12-13H2,1-4H3. The highest BCUT2D eigenvalue weighted by molar-refractivity contribution is 6.09. The number of fused-ring (bicyclic) bond motifs is 3. The Bertz CT molecular complexity index is 3070. The summed E-state index contributed by atoms with van der Waals surface area (Å²) in [5, 5.41) is 2.08. The first kappa shape index (κ1) is 41.1. The second-order valence-corrected chi connectivity index (χ2v) is 16.6. The summed E-state index contributed by atoms with van der Waals surface area (Å²) >= 11 is 0. The molecule has 0 radical (unpaired) electrons. The topological polar surface area (TPSA) is 75.0 Å². The predicted octanol–water partition coefficient (Wildman–Crippen LogP) is 15.1. The van der Waals surface area contributed by atoms with Crippen LogP contribution in [-0.2, 0) is 12.8 Å². The van der Waals surface area contributed by atoms with E-state index in [4.69, 9.17) is 19.4 Å². The van der Waals surface area contributed by atoms with Crippen molar-refractivity contribution < 1.29 is 9.47 Å². The van der Waals surface area contributed by atoms with Gasteiger partial charge >= 0.3 is 0 Å². The van der Waals surface area contributed by atoms with Gasteiger partial charge in [-0.1, -0.05) is 87.4 Å². The molecule has 0 aliphatic rings. The molecule has 10 rings (SSSR count). The van der Waals surface area contributed by atoms with Crippen molar-refractivity contribution in [2.75, 3.05) is 0 Å². The van der Waals surface area contributed by atoms with Gasteiger partial charge in [-0.15, -0.1) is 0 Å². The molecule has 4 aromatic heterocycles. The van der Waals surface area contributed by atoms with Crippen LogP contribution in [0.1, 0.15) is 48.9 Å². The maximum absolute atomic E-state index is 7.01. The number of aryl methyl sites for hydroxylation is 4. The molecule has 4 heterocycles. The molecule has 0 aliphatic carbocycles. The van der Waals surface area contributed by atoms with Crippen molar-refractivity contribution in [1.82, 2.24) is 24.5 Å². The SMILES string of the molecule is CCCc1ccc(-c2c(C)cc(-c3ccccn3)cc2Oc2ccc3c4ccc(Oc5cc(-c6ccccn6)cc(C)c5-c5ccc(CCC)cc5)cc4n(-c4ncccn4)c3c2)cc1. The zero-order valence-electron chi connectivity index (χ0n) is 37.1. The van der Waals surface area contributed by atoms with Crippen molar-refractivity contribution in [3.63, 3.8) is 0 Å². The van der Waals surface area contributed by atoms with E-state index in [1.54, 1.807) is 12.4 Å². The molecule has 7 heteroatoms. The van der Waals surface area contributed by atoms with Crippen molar-refractivity contribution in [3.05, 3.63) is 199 Å². The van der Waals surface area contributed by atoms with E-state index in [9.17, 15) is 0 Å². The molecule has 0 saturated heterocycles. The molecule has 10 aromatic rings. The largest absolute Gasteiger partial charge is 0.457 e. The zero-order chi connectivity index (χ0) is 44.3. The number of ether oxygens (including phenoxy) is 2. The van der Waals surface area contributed by atoms with E-state index >= 15 is 0 Å². The van der Waals surface area contributed by atoms with Crippen LogP contribution in [0.3, 0.4) is 0 Å². The first-order valence-corrected chi connectivity index (χ1v) is 22.5. The van der Waals surface area contributed by atoms with Gasteiger partial charge in [-0.3, -0.25) is 14.5 Å². The lowest BCUT2D eigenvalue weighted by Gasteiger charge is -2.17. The van der Waals surface area contributed by atoms with Gasteiger partial charge < -0.3 is 9.47 Å². The number of rotatable bonds is 13. The number of aromatic nitrogens is 5. The van der Waals surface area contributed by atoms with Crippen LogP contribution in [0.4, 0.5) is 0 Å². The third-order valence-corrected chi connectivity index (χ3v) is 12.0. The lowest BCUT2D eigenvalue weighted by Crippen LogP contribution is -2.00. The number of nitrogens with zero attached hydrogens (tertiary/aromatic N) is 5. The van der Waals surface area contributed by atoms with Crippen molar-refractivity contribution in [3.8, 4) is 73.7 Å². The van der Waals surface area contributed by atoms with Gasteiger partial charge in [0.2, 0.25) is 5.95 Å². The summed E-state index contributed by atoms with van der Waals surface area (Å²) < 4.78 is 16.1. The van der Waals surface area contributed by atoms with Crippen LogP contribution in [-0.4, -0.2) is 24.5 Å². The van der Waals surface area contributed by atoms with Gasteiger partial charge in [-0.25, -0.2) is 9.97 Å². The molecular weight excluding hydrogens is 799 g/mol. The molecular formula is C58H49N5O2. The minimum absolute atomic E-state index is 0.545. The van der Waals surface area contributed by atoms with Crippen LogP contribution in [0, 0.1) is 13.8 Å². The second kappa shape index (κ2) is 18.1. The zero-order valence-corrected chi connectivity index (χ0v) is 37.1. The number of hydrogen-bond donors (Lipinski definition) is 0. The normalized spacial score (nSPS) is 11.3. The fourth-order valence-electron chi connectivity index (χ4n) is 9.01. The van der Waals surface area contributed by atoms with Gasteiger partial charge in [0, 0.05) is 69.9 Å². The van der Waals surface area contributed by atoms with E-state index in [0.29, 0.717) is 17.4 Å². The second-order valence-electron chi connectivity index (χ2n) is 16.6. The molecule has 0 saturated carbocycles. The molecule has 318 valence electrons. The molecule has 0 atom stereocenters. The van der Waals surface area contributed by atoms with Gasteiger partial charge in [0.15, 0.2) is 0 Å². The number of benzene rings is 6. The quantitative estimate of drug-likeness (QED) is 0.115. The van der Waals surface area contributed by atoms with Crippen LogP contribution >= 0.6 is 0 Å². The Morgan fingerprint density at radius 3 is 1.29 bits per heavy atom. The highest BCUT2D eigenvalue weighted by Gasteiger charge is 2.20. The highest BCUT2D eigenvalue weighted by Crippen LogP contribution is 2.44. The number of pyridine rings is 2. The molecule has 0 unspecified atom stereocenters. The molecule has 7 nitrogen and oxygen atoms in total. The van der Waals surface area contributed by atoms with Crippen LogP contribution in [0.25, 0.3) is 72.5 Å². The maximum Gasteiger partial charge on any atom is 0.234 e. The summed E-state index contributed by atoms with van der Waals surface area (Å²) in [5.74, 6) is 3.42. The Balaban J connectivity index is 1.09. The van der Waals surface area contributed by atoms with Crippen molar-refractivity contribution >= 4 is 21.8 Å². The van der Waals surface area contributed by atoms with Gasteiger partial charge in [0.25, 0.3) is 0 Å². The van der Waals surface area contributed by atoms with E-state index in [2.05, 4.69) is 139 Å². The highest BCUT2D eigenvalue weighted by atomic mass is 16.5. The molecule has 65 heavy (non-hydrogen) atoms. The smallest absolute Gasteiger partial charge is 0.234 e. The van der Waals surface area contributed by atoms with Crippen molar-refractivity contribution in [2.45, 2.75) is 53.4 Å². The molecule has 0 fully saturated rings. The van der Waals surface area contributed by atoms with Crippen LogP contribution in [0.5, 0.6) is 23.0 Å². The average Bonchev–Trinajstić information content (AvgIpc) is 3.66. The van der Waals surface area contributed by atoms with Gasteiger partial charge in [-0.2, -0.15) is 0 Å². The first-order valence-electron chi connectivity index (χ1n) is 22.5. The summed E-state index contributed by atoms with van der Waals surface area (Å²) in [6.07, 6.45) is 11.5. The number of hydrogen-bond acceptors (Lipinski definition) is 6. The lowest BCUT2D eigenvalue weighted by molar-refractivity contribution is 0.485. The van der Waals surface area contributed by atoms with Crippen LogP contribution in [0.15, 0.2) is 176 Å². The fraction of sp³-hybridized carbons (Fsp3) is 0.138. The van der Waals surface area contributed by atoms with E-state index in [1.165, 1.54) is 11.1 Å². The van der Waals surface area contributed by atoms with Gasteiger partial charge in [0.1, 0.15) is 23.0 Å². The molecule has 6 aromatic carbocycles. The summed E-state index contributed by atoms with van der Waals surface area (Å²) in [5.41, 5.74) is 14.7. The predicted molar refractivity (Wildman–Crippen MR) is 264 cm³/mol. The molecule has 0 aliphatic heterocycles. The first-order chi connectivity index (χ1) is 31.9. The molecule has 0 amide bonds. The van der Waals surface area contributed by atoms with E-state index in [-0.39, 0.29) is 0 Å². The maximum atomic E-state index is 7.01. The molecule has 0 bridgehead atoms. The summed E-state index contributed by atoms with van der Waals surface area (Å²) in [6, 6.07) is 52.6. The molecule has 0 N–H and O–H groups in total. The van der Waals surface area contributed by atoms with Crippen LogP contribution < -0.4 is 9.47 Å². The monoisotopic (exact) mass is 847 g/mol. The third kappa shape index (κ3) is 8.37. The van der Waals surface area contributed by atoms with Crippen LogP contribution in [0.2, 0.25) is 0 Å². The Morgan fingerprint density at radius 2 is 0.877 bits per heavy atom.